The van der Waals surface area contributed by atoms with Crippen molar-refractivity contribution in [2.45, 2.75) is 6.42 Å². The van der Waals surface area contributed by atoms with Crippen LogP contribution in [0.4, 0.5) is 0 Å². The summed E-state index contributed by atoms with van der Waals surface area (Å²) >= 11 is 0. The van der Waals surface area contributed by atoms with Gasteiger partial charge in [0, 0.05) is 18.1 Å². The minimum absolute atomic E-state index is 0.0306. The molecule has 0 radical (unpaired) electrons. The van der Waals surface area contributed by atoms with Crippen molar-refractivity contribution in [3.05, 3.63) is 59.7 Å². The van der Waals surface area contributed by atoms with E-state index in [1.54, 1.807) is 12.1 Å². The number of ether oxygens (including phenoxy) is 1. The molecule has 4 heteroatoms. The largest absolute Gasteiger partial charge is 0.507 e. The number of oxime groups is 1. The number of benzene rings is 2. The Labute approximate surface area is 111 Å². The Bertz CT molecular complexity index is 579. The Kier molecular flexibility index (Phi) is 4.03. The van der Waals surface area contributed by atoms with Crippen LogP contribution >= 0.6 is 0 Å². The van der Waals surface area contributed by atoms with E-state index in [0.29, 0.717) is 23.4 Å². The quantitative estimate of drug-likeness (QED) is 0.503. The van der Waals surface area contributed by atoms with Crippen molar-refractivity contribution >= 4 is 5.71 Å². The molecular weight excluding hydrogens is 242 g/mol. The van der Waals surface area contributed by atoms with E-state index in [1.807, 2.05) is 30.3 Å². The molecule has 98 valence electrons. The number of hydrogen-bond donors (Lipinski definition) is 2. The van der Waals surface area contributed by atoms with E-state index in [-0.39, 0.29) is 5.75 Å². The van der Waals surface area contributed by atoms with Gasteiger partial charge in [-0.05, 0) is 17.7 Å². The van der Waals surface area contributed by atoms with E-state index in [4.69, 9.17) is 9.94 Å². The van der Waals surface area contributed by atoms with Crippen molar-refractivity contribution in [3.8, 4) is 11.5 Å². The Morgan fingerprint density at radius 3 is 2.47 bits per heavy atom. The second kappa shape index (κ2) is 5.91. The first-order valence-corrected chi connectivity index (χ1v) is 5.87. The van der Waals surface area contributed by atoms with E-state index in [9.17, 15) is 5.11 Å². The third-order valence-electron chi connectivity index (χ3n) is 2.85. The van der Waals surface area contributed by atoms with Gasteiger partial charge in [0.2, 0.25) is 0 Å². The summed E-state index contributed by atoms with van der Waals surface area (Å²) in [5, 5.41) is 22.4. The van der Waals surface area contributed by atoms with Gasteiger partial charge >= 0.3 is 0 Å². The normalized spacial score (nSPS) is 11.3. The van der Waals surface area contributed by atoms with Crippen LogP contribution in [0, 0.1) is 0 Å². The van der Waals surface area contributed by atoms with E-state index >= 15 is 0 Å². The van der Waals surface area contributed by atoms with Crippen LogP contribution in [0.3, 0.4) is 0 Å². The standard InChI is InChI=1S/C15H15NO3/c1-19-12-7-8-13(15(17)10-12)14(16-18)9-11-5-3-2-4-6-11/h2-8,10,17-18H,9H2,1H3/b16-14-. The number of methoxy groups -OCH3 is 1. The summed E-state index contributed by atoms with van der Waals surface area (Å²) in [5.74, 6) is 0.585. The van der Waals surface area contributed by atoms with Gasteiger partial charge in [0.25, 0.3) is 0 Å². The highest BCUT2D eigenvalue weighted by Crippen LogP contribution is 2.25. The van der Waals surface area contributed by atoms with Crippen LogP contribution in [0.15, 0.2) is 53.7 Å². The number of nitrogens with zero attached hydrogens (tertiary/aromatic N) is 1. The van der Waals surface area contributed by atoms with Gasteiger partial charge < -0.3 is 15.1 Å². The first kappa shape index (κ1) is 13.0. The molecule has 19 heavy (non-hydrogen) atoms. The molecule has 4 nitrogen and oxygen atoms in total. The van der Waals surface area contributed by atoms with Crippen molar-refractivity contribution in [3.63, 3.8) is 0 Å². The van der Waals surface area contributed by atoms with Crippen molar-refractivity contribution in [1.29, 1.82) is 0 Å². The van der Waals surface area contributed by atoms with Crippen LogP contribution in [0.1, 0.15) is 11.1 Å². The second-order valence-electron chi connectivity index (χ2n) is 4.09. The van der Waals surface area contributed by atoms with Crippen molar-refractivity contribution in [1.82, 2.24) is 0 Å². The van der Waals surface area contributed by atoms with Gasteiger partial charge in [-0.15, -0.1) is 0 Å². The maximum atomic E-state index is 9.93. The average molecular weight is 257 g/mol. The molecule has 0 fully saturated rings. The molecule has 0 saturated heterocycles. The molecule has 0 saturated carbocycles. The lowest BCUT2D eigenvalue weighted by Crippen LogP contribution is -2.06. The molecule has 0 amide bonds. The predicted octanol–water partition coefficient (Wildman–Crippen LogP) is 2.82. The molecule has 2 aromatic rings. The minimum atomic E-state index is 0.0306. The van der Waals surface area contributed by atoms with Crippen molar-refractivity contribution in [2.75, 3.05) is 7.11 Å². The zero-order valence-electron chi connectivity index (χ0n) is 10.6. The highest BCUT2D eigenvalue weighted by Gasteiger charge is 2.11. The molecule has 0 aliphatic rings. The molecule has 0 unspecified atom stereocenters. The van der Waals surface area contributed by atoms with E-state index in [1.165, 1.54) is 13.2 Å². The minimum Gasteiger partial charge on any atom is -0.507 e. The van der Waals surface area contributed by atoms with Gasteiger partial charge in [0.05, 0.1) is 12.8 Å². The summed E-state index contributed by atoms with van der Waals surface area (Å²) in [6.45, 7) is 0. The molecule has 0 bridgehead atoms. The maximum Gasteiger partial charge on any atom is 0.128 e. The molecule has 2 aromatic carbocycles. The lowest BCUT2D eigenvalue weighted by molar-refractivity contribution is 0.318. The molecular formula is C15H15NO3. The first-order valence-electron chi connectivity index (χ1n) is 5.87. The summed E-state index contributed by atoms with van der Waals surface area (Å²) in [6, 6.07) is 14.5. The summed E-state index contributed by atoms with van der Waals surface area (Å²) in [5.41, 5.74) is 1.91. The number of phenols is 1. The second-order valence-corrected chi connectivity index (χ2v) is 4.09. The lowest BCUT2D eigenvalue weighted by Gasteiger charge is -2.08. The summed E-state index contributed by atoms with van der Waals surface area (Å²) in [6.07, 6.45) is 0.442. The summed E-state index contributed by atoms with van der Waals surface area (Å²) < 4.78 is 5.02. The number of hydrogen-bond acceptors (Lipinski definition) is 4. The highest BCUT2D eigenvalue weighted by molar-refractivity contribution is 6.03. The van der Waals surface area contributed by atoms with Gasteiger partial charge in [-0.1, -0.05) is 35.5 Å². The Morgan fingerprint density at radius 1 is 1.16 bits per heavy atom. The fourth-order valence-electron chi connectivity index (χ4n) is 1.86. The average Bonchev–Trinajstić information content (AvgIpc) is 2.46. The van der Waals surface area contributed by atoms with Gasteiger partial charge in [-0.25, -0.2) is 0 Å². The molecule has 2 N–H and O–H groups in total. The van der Waals surface area contributed by atoms with Crippen LogP contribution in [-0.4, -0.2) is 23.1 Å². The zero-order valence-corrected chi connectivity index (χ0v) is 10.6. The van der Waals surface area contributed by atoms with Gasteiger partial charge in [-0.2, -0.15) is 0 Å². The molecule has 0 atom stereocenters. The maximum absolute atomic E-state index is 9.93. The summed E-state index contributed by atoms with van der Waals surface area (Å²) in [4.78, 5) is 0. The number of aromatic hydroxyl groups is 1. The molecule has 0 aliphatic heterocycles. The van der Waals surface area contributed by atoms with E-state index in [2.05, 4.69) is 5.16 Å². The molecule has 0 aliphatic carbocycles. The van der Waals surface area contributed by atoms with Crippen LogP contribution in [0.25, 0.3) is 0 Å². The Morgan fingerprint density at radius 2 is 1.89 bits per heavy atom. The van der Waals surface area contributed by atoms with Gasteiger partial charge in [-0.3, -0.25) is 0 Å². The van der Waals surface area contributed by atoms with Crippen LogP contribution in [0.5, 0.6) is 11.5 Å². The van der Waals surface area contributed by atoms with Crippen molar-refractivity contribution < 1.29 is 15.1 Å². The van der Waals surface area contributed by atoms with Crippen LogP contribution in [-0.2, 0) is 6.42 Å². The van der Waals surface area contributed by atoms with Gasteiger partial charge in [0.1, 0.15) is 11.5 Å². The smallest absolute Gasteiger partial charge is 0.128 e. The molecule has 0 heterocycles. The number of phenolic OH excluding ortho intramolecular Hbond substituents is 1. The van der Waals surface area contributed by atoms with E-state index < -0.39 is 0 Å². The topological polar surface area (TPSA) is 62.0 Å². The van der Waals surface area contributed by atoms with Gasteiger partial charge in [0.15, 0.2) is 0 Å². The fourth-order valence-corrected chi connectivity index (χ4v) is 1.86. The molecule has 0 spiro atoms. The third kappa shape index (κ3) is 3.04. The molecule has 2 rings (SSSR count). The monoisotopic (exact) mass is 257 g/mol. The van der Waals surface area contributed by atoms with Crippen molar-refractivity contribution in [2.24, 2.45) is 5.16 Å². The lowest BCUT2D eigenvalue weighted by atomic mass is 10.0. The molecule has 0 aromatic heterocycles. The zero-order chi connectivity index (χ0) is 13.7. The van der Waals surface area contributed by atoms with Crippen LogP contribution in [0.2, 0.25) is 0 Å². The third-order valence-corrected chi connectivity index (χ3v) is 2.85. The number of rotatable bonds is 4. The predicted molar refractivity (Wildman–Crippen MR) is 73.1 cm³/mol. The highest BCUT2D eigenvalue weighted by atomic mass is 16.5. The summed E-state index contributed by atoms with van der Waals surface area (Å²) in [7, 11) is 1.53. The van der Waals surface area contributed by atoms with Crippen LogP contribution < -0.4 is 4.74 Å². The SMILES string of the molecule is COc1ccc(/C(Cc2ccccc2)=N\O)c(O)c1. The first-order chi connectivity index (χ1) is 9.24. The van der Waals surface area contributed by atoms with E-state index in [0.717, 1.165) is 5.56 Å². The Balaban J connectivity index is 2.28. The fraction of sp³-hybridized carbons (Fsp3) is 0.133. The Hall–Kier alpha value is -2.49.